The Kier molecular flexibility index (Phi) is 6.16. The zero-order valence-electron chi connectivity index (χ0n) is 8.16. The van der Waals surface area contributed by atoms with Crippen molar-refractivity contribution in [3.63, 3.8) is 0 Å². The maximum Gasteiger partial charge on any atom is 1.00 e. The normalized spacial score (nSPS) is 8.69. The third-order valence-corrected chi connectivity index (χ3v) is 1.50. The van der Waals surface area contributed by atoms with Crippen LogP contribution in [0.2, 0.25) is 5.02 Å². The summed E-state index contributed by atoms with van der Waals surface area (Å²) in [7, 11) is 0. The van der Waals surface area contributed by atoms with Crippen molar-refractivity contribution < 1.29 is 45.6 Å². The fourth-order valence-corrected chi connectivity index (χ4v) is 0.892. The summed E-state index contributed by atoms with van der Waals surface area (Å²) in [4.78, 5) is 10.1. The number of carboxylic acids is 1. The first-order valence-electron chi connectivity index (χ1n) is 3.29. The summed E-state index contributed by atoms with van der Waals surface area (Å²) in [6, 6.07) is 6.73. The maximum absolute atomic E-state index is 10.1. The third-order valence-electron chi connectivity index (χ3n) is 1.19. The maximum atomic E-state index is 10.1. The minimum atomic E-state index is -1.02. The number of aliphatic carboxylic acids is 1. The molecule has 3 nitrogen and oxygen atoms in total. The van der Waals surface area contributed by atoms with E-state index in [2.05, 4.69) is 0 Å². The molecular formula is C8H8ClNaO3. The van der Waals surface area contributed by atoms with E-state index in [1.165, 1.54) is 0 Å². The molecule has 0 atom stereocenters. The van der Waals surface area contributed by atoms with Crippen LogP contribution in [0.15, 0.2) is 24.3 Å². The number of carbonyl (C=O) groups is 1. The van der Waals surface area contributed by atoms with Gasteiger partial charge in [-0.15, -0.1) is 0 Å². The molecule has 0 bridgehead atoms. The molecule has 0 saturated carbocycles. The number of hydrogen-bond acceptors (Lipinski definition) is 2. The van der Waals surface area contributed by atoms with Crippen LogP contribution < -0.4 is 34.3 Å². The van der Waals surface area contributed by atoms with E-state index in [1.807, 2.05) is 0 Å². The fraction of sp³-hybridized carbons (Fsp3) is 0.125. The molecule has 0 radical (unpaired) electrons. The molecule has 0 fully saturated rings. The number of rotatable bonds is 3. The van der Waals surface area contributed by atoms with Crippen LogP contribution in [-0.2, 0) is 4.79 Å². The molecule has 1 N–H and O–H groups in total. The third kappa shape index (κ3) is 4.52. The van der Waals surface area contributed by atoms with E-state index in [4.69, 9.17) is 21.4 Å². The molecule has 0 spiro atoms. The number of ether oxygens (including phenoxy) is 1. The average Bonchev–Trinajstić information content (AvgIpc) is 2.03. The van der Waals surface area contributed by atoms with Crippen molar-refractivity contribution in [1.29, 1.82) is 0 Å². The molecule has 0 aliphatic rings. The van der Waals surface area contributed by atoms with Gasteiger partial charge in [-0.05, 0) is 12.1 Å². The average molecular weight is 211 g/mol. The van der Waals surface area contributed by atoms with Crippen LogP contribution in [0.4, 0.5) is 0 Å². The van der Waals surface area contributed by atoms with Gasteiger partial charge >= 0.3 is 35.5 Å². The Morgan fingerprint density at radius 2 is 2.15 bits per heavy atom. The molecule has 0 amide bonds. The quantitative estimate of drug-likeness (QED) is 0.646. The Hall–Kier alpha value is -0.220. The van der Waals surface area contributed by atoms with Gasteiger partial charge in [-0.1, -0.05) is 23.7 Å². The SMILES string of the molecule is O=C(O)COc1ccccc1Cl.[H-].[Na+]. The number of hydrogen-bond donors (Lipinski definition) is 1. The summed E-state index contributed by atoms with van der Waals surface area (Å²) in [5.41, 5.74) is 0. The number of benzene rings is 1. The minimum Gasteiger partial charge on any atom is -1.00 e. The summed E-state index contributed by atoms with van der Waals surface area (Å²) in [6.45, 7) is -0.371. The summed E-state index contributed by atoms with van der Waals surface area (Å²) >= 11 is 5.69. The zero-order chi connectivity index (χ0) is 8.97. The monoisotopic (exact) mass is 210 g/mol. The first-order chi connectivity index (χ1) is 5.70. The van der Waals surface area contributed by atoms with Crippen molar-refractivity contribution in [1.82, 2.24) is 0 Å². The second kappa shape index (κ2) is 6.27. The molecule has 0 saturated heterocycles. The fourth-order valence-electron chi connectivity index (χ4n) is 0.701. The molecule has 0 unspecified atom stereocenters. The Morgan fingerprint density at radius 3 is 2.69 bits per heavy atom. The molecule has 1 aromatic carbocycles. The van der Waals surface area contributed by atoms with E-state index >= 15 is 0 Å². The standard InChI is InChI=1S/C8H7ClO3.Na.H/c9-6-3-1-2-4-7(6)12-5-8(10)11;;/h1-4H,5H2,(H,10,11);;/q;+1;-1. The van der Waals surface area contributed by atoms with Gasteiger partial charge in [0.25, 0.3) is 0 Å². The molecule has 1 aromatic rings. The van der Waals surface area contributed by atoms with Crippen molar-refractivity contribution in [3.8, 4) is 5.75 Å². The molecule has 66 valence electrons. The van der Waals surface area contributed by atoms with Gasteiger partial charge in [-0.2, -0.15) is 0 Å². The van der Waals surface area contributed by atoms with Crippen molar-refractivity contribution in [2.24, 2.45) is 0 Å². The summed E-state index contributed by atoms with van der Waals surface area (Å²) in [5, 5.41) is 8.71. The van der Waals surface area contributed by atoms with Gasteiger partial charge in [0, 0.05) is 0 Å². The van der Waals surface area contributed by atoms with E-state index in [0.29, 0.717) is 10.8 Å². The van der Waals surface area contributed by atoms with E-state index in [9.17, 15) is 4.79 Å². The van der Waals surface area contributed by atoms with Crippen LogP contribution >= 0.6 is 11.6 Å². The molecule has 13 heavy (non-hydrogen) atoms. The largest absolute Gasteiger partial charge is 1.00 e. The molecule has 0 heterocycles. The Bertz CT molecular complexity index is 296. The van der Waals surface area contributed by atoms with Crippen molar-refractivity contribution >= 4 is 17.6 Å². The van der Waals surface area contributed by atoms with Crippen LogP contribution in [0.25, 0.3) is 0 Å². The predicted octanol–water partition coefficient (Wildman–Crippen LogP) is -1.08. The smallest absolute Gasteiger partial charge is 1.00 e. The second-order valence-corrected chi connectivity index (χ2v) is 2.52. The van der Waals surface area contributed by atoms with Gasteiger partial charge in [0.15, 0.2) is 6.61 Å². The Morgan fingerprint density at radius 1 is 1.54 bits per heavy atom. The minimum absolute atomic E-state index is 0. The number of para-hydroxylation sites is 1. The molecule has 0 aliphatic heterocycles. The van der Waals surface area contributed by atoms with Gasteiger partial charge in [0.2, 0.25) is 0 Å². The summed E-state index contributed by atoms with van der Waals surface area (Å²) in [6.07, 6.45) is 0. The van der Waals surface area contributed by atoms with Crippen LogP contribution in [0.5, 0.6) is 5.75 Å². The van der Waals surface area contributed by atoms with Gasteiger partial charge in [0.05, 0.1) is 5.02 Å². The molecule has 0 aliphatic carbocycles. The molecule has 1 rings (SSSR count). The van der Waals surface area contributed by atoms with Crippen LogP contribution in [0.1, 0.15) is 1.43 Å². The van der Waals surface area contributed by atoms with E-state index in [0.717, 1.165) is 0 Å². The Labute approximate surface area is 104 Å². The van der Waals surface area contributed by atoms with Crippen molar-refractivity contribution in [2.75, 3.05) is 6.61 Å². The van der Waals surface area contributed by atoms with E-state index in [-0.39, 0.29) is 37.6 Å². The summed E-state index contributed by atoms with van der Waals surface area (Å²) in [5.74, 6) is -0.628. The Balaban J connectivity index is 0. The topological polar surface area (TPSA) is 46.5 Å². The summed E-state index contributed by atoms with van der Waals surface area (Å²) < 4.78 is 4.87. The zero-order valence-corrected chi connectivity index (χ0v) is 9.91. The van der Waals surface area contributed by atoms with E-state index in [1.54, 1.807) is 24.3 Å². The van der Waals surface area contributed by atoms with Gasteiger partial charge in [0.1, 0.15) is 5.75 Å². The van der Waals surface area contributed by atoms with Crippen molar-refractivity contribution in [2.45, 2.75) is 0 Å². The molecular weight excluding hydrogens is 203 g/mol. The second-order valence-electron chi connectivity index (χ2n) is 2.11. The van der Waals surface area contributed by atoms with Crippen LogP contribution in [0.3, 0.4) is 0 Å². The number of halogens is 1. The van der Waals surface area contributed by atoms with E-state index < -0.39 is 5.97 Å². The first-order valence-corrected chi connectivity index (χ1v) is 3.67. The van der Waals surface area contributed by atoms with Crippen LogP contribution in [0, 0.1) is 0 Å². The van der Waals surface area contributed by atoms with Crippen LogP contribution in [-0.4, -0.2) is 17.7 Å². The molecule has 5 heteroatoms. The van der Waals surface area contributed by atoms with Crippen molar-refractivity contribution in [3.05, 3.63) is 29.3 Å². The first kappa shape index (κ1) is 12.8. The predicted molar refractivity (Wildman–Crippen MR) is 45.7 cm³/mol. The number of carboxylic acid groups (broad SMARTS) is 1. The van der Waals surface area contributed by atoms with Gasteiger partial charge in [-0.3, -0.25) is 0 Å². The van der Waals surface area contributed by atoms with Gasteiger partial charge in [-0.25, -0.2) is 4.79 Å². The van der Waals surface area contributed by atoms with Gasteiger partial charge < -0.3 is 11.3 Å². The molecule has 0 aromatic heterocycles.